The second kappa shape index (κ2) is 5.25. The van der Waals surface area contributed by atoms with Crippen LogP contribution in [0.4, 0.5) is 4.39 Å². The van der Waals surface area contributed by atoms with Gasteiger partial charge in [-0.15, -0.1) is 0 Å². The molecule has 2 aromatic carbocycles. The number of aromatic nitrogens is 2. The molecule has 0 N–H and O–H groups in total. The zero-order valence-corrected chi connectivity index (χ0v) is 10.8. The highest BCUT2D eigenvalue weighted by molar-refractivity contribution is 5.84. The fourth-order valence-corrected chi connectivity index (χ4v) is 2.20. The van der Waals surface area contributed by atoms with Crippen molar-refractivity contribution in [3.8, 4) is 0 Å². The van der Waals surface area contributed by atoms with E-state index in [1.165, 1.54) is 12.1 Å². The van der Waals surface area contributed by atoms with E-state index in [0.29, 0.717) is 0 Å². The van der Waals surface area contributed by atoms with Crippen LogP contribution in [0.2, 0.25) is 0 Å². The highest BCUT2D eigenvalue weighted by Gasteiger charge is 2.08. The molecule has 100 valence electrons. The molecule has 0 saturated heterocycles. The van der Waals surface area contributed by atoms with Gasteiger partial charge in [-0.1, -0.05) is 30.3 Å². The number of rotatable bonds is 4. The van der Waals surface area contributed by atoms with Gasteiger partial charge < -0.3 is 0 Å². The first kappa shape index (κ1) is 12.5. The van der Waals surface area contributed by atoms with Crippen LogP contribution in [0.5, 0.6) is 0 Å². The molecular weight excluding hydrogens is 255 g/mol. The fraction of sp³-hybridized carbons (Fsp3) is 0.125. The summed E-state index contributed by atoms with van der Waals surface area (Å²) in [5, 5.41) is 5.24. The Bertz CT molecular complexity index is 747. The number of benzene rings is 2. The summed E-state index contributed by atoms with van der Waals surface area (Å²) in [6.45, 7) is 0.227. The van der Waals surface area contributed by atoms with Crippen molar-refractivity contribution < 1.29 is 9.18 Å². The van der Waals surface area contributed by atoms with Crippen LogP contribution in [-0.4, -0.2) is 15.6 Å². The van der Waals surface area contributed by atoms with Crippen molar-refractivity contribution in [3.05, 3.63) is 66.1 Å². The molecular formula is C16H13FN2O. The molecule has 3 rings (SSSR count). The molecule has 0 bridgehead atoms. The number of fused-ring (bicyclic) bond motifs is 1. The van der Waals surface area contributed by atoms with Crippen molar-refractivity contribution in [2.24, 2.45) is 0 Å². The first-order valence-corrected chi connectivity index (χ1v) is 6.39. The molecule has 0 radical (unpaired) electrons. The van der Waals surface area contributed by atoms with Gasteiger partial charge in [0.2, 0.25) is 0 Å². The van der Waals surface area contributed by atoms with Crippen molar-refractivity contribution in [1.29, 1.82) is 0 Å². The van der Waals surface area contributed by atoms with Crippen LogP contribution in [0.1, 0.15) is 5.56 Å². The summed E-state index contributed by atoms with van der Waals surface area (Å²) in [7, 11) is 0. The number of hydrogen-bond donors (Lipinski definition) is 0. The van der Waals surface area contributed by atoms with E-state index in [2.05, 4.69) is 5.10 Å². The van der Waals surface area contributed by atoms with Gasteiger partial charge in [0.25, 0.3) is 0 Å². The van der Waals surface area contributed by atoms with Crippen LogP contribution in [0.15, 0.2) is 54.7 Å². The lowest BCUT2D eigenvalue weighted by molar-refractivity contribution is -0.119. The van der Waals surface area contributed by atoms with Crippen molar-refractivity contribution in [1.82, 2.24) is 9.78 Å². The number of nitrogens with zero attached hydrogens (tertiary/aromatic N) is 2. The second-order valence-corrected chi connectivity index (χ2v) is 4.70. The van der Waals surface area contributed by atoms with Crippen LogP contribution >= 0.6 is 0 Å². The van der Waals surface area contributed by atoms with Crippen LogP contribution in [0, 0.1) is 5.82 Å². The maximum Gasteiger partial charge on any atom is 0.158 e. The topological polar surface area (TPSA) is 34.9 Å². The van der Waals surface area contributed by atoms with Crippen molar-refractivity contribution >= 4 is 16.7 Å². The molecule has 0 aliphatic rings. The summed E-state index contributed by atoms with van der Waals surface area (Å²) in [4.78, 5) is 12.1. The molecule has 3 aromatic rings. The molecule has 3 nitrogen and oxygen atoms in total. The van der Waals surface area contributed by atoms with Gasteiger partial charge in [0.15, 0.2) is 5.78 Å². The Hall–Kier alpha value is -2.49. The van der Waals surface area contributed by atoms with Crippen molar-refractivity contribution in [2.75, 3.05) is 0 Å². The minimum atomic E-state index is -0.292. The summed E-state index contributed by atoms with van der Waals surface area (Å²) in [5.74, 6) is -0.246. The van der Waals surface area contributed by atoms with Crippen LogP contribution in [0.3, 0.4) is 0 Å². The van der Waals surface area contributed by atoms with E-state index < -0.39 is 0 Å². The molecule has 20 heavy (non-hydrogen) atoms. The Labute approximate surface area is 115 Å². The maximum atomic E-state index is 12.8. The number of halogens is 1. The van der Waals surface area contributed by atoms with E-state index in [1.54, 1.807) is 23.0 Å². The number of hydrogen-bond acceptors (Lipinski definition) is 2. The van der Waals surface area contributed by atoms with E-state index in [9.17, 15) is 9.18 Å². The van der Waals surface area contributed by atoms with Gasteiger partial charge in [0.05, 0.1) is 11.7 Å². The monoisotopic (exact) mass is 268 g/mol. The first-order chi connectivity index (χ1) is 9.72. The zero-order chi connectivity index (χ0) is 13.9. The lowest BCUT2D eigenvalue weighted by Crippen LogP contribution is -2.13. The van der Waals surface area contributed by atoms with E-state index in [1.807, 2.05) is 24.3 Å². The molecule has 0 atom stereocenters. The molecule has 1 heterocycles. The van der Waals surface area contributed by atoms with Gasteiger partial charge in [-0.05, 0) is 23.8 Å². The standard InChI is InChI=1S/C16H13FN2O/c17-14-7-5-12(6-8-14)9-15(20)11-19-16-4-2-1-3-13(16)10-18-19/h1-8,10H,9,11H2. The highest BCUT2D eigenvalue weighted by atomic mass is 19.1. The normalized spacial score (nSPS) is 10.8. The van der Waals surface area contributed by atoms with Gasteiger partial charge in [0.1, 0.15) is 12.4 Å². The lowest BCUT2D eigenvalue weighted by atomic mass is 10.1. The molecule has 0 spiro atoms. The van der Waals surface area contributed by atoms with Crippen LogP contribution in [-0.2, 0) is 17.8 Å². The van der Waals surface area contributed by atoms with Gasteiger partial charge in [-0.25, -0.2) is 4.39 Å². The van der Waals surface area contributed by atoms with E-state index in [4.69, 9.17) is 0 Å². The maximum absolute atomic E-state index is 12.8. The first-order valence-electron chi connectivity index (χ1n) is 6.39. The summed E-state index contributed by atoms with van der Waals surface area (Å²) in [6.07, 6.45) is 2.04. The van der Waals surface area contributed by atoms with E-state index in [0.717, 1.165) is 16.5 Å². The molecule has 0 aliphatic carbocycles. The average Bonchev–Trinajstić information content (AvgIpc) is 2.85. The molecule has 0 unspecified atom stereocenters. The predicted octanol–water partition coefficient (Wildman–Crippen LogP) is 2.99. The number of Topliss-reactive ketones (excluding diaryl/α,β-unsaturated/α-hetero) is 1. The number of carbonyl (C=O) groups excluding carboxylic acids is 1. The third-order valence-corrected chi connectivity index (χ3v) is 3.19. The van der Waals surface area contributed by atoms with Crippen LogP contribution in [0.25, 0.3) is 10.9 Å². The minimum absolute atomic E-state index is 0.0467. The van der Waals surface area contributed by atoms with Gasteiger partial charge in [0, 0.05) is 11.8 Å². The highest BCUT2D eigenvalue weighted by Crippen LogP contribution is 2.13. The lowest BCUT2D eigenvalue weighted by Gasteiger charge is -2.03. The average molecular weight is 268 g/mol. The SMILES string of the molecule is O=C(Cc1ccc(F)cc1)Cn1ncc2ccccc21. The second-order valence-electron chi connectivity index (χ2n) is 4.70. The summed E-state index contributed by atoms with van der Waals surface area (Å²) >= 11 is 0. The number of carbonyl (C=O) groups is 1. The van der Waals surface area contributed by atoms with Gasteiger partial charge in [-0.2, -0.15) is 5.10 Å². The molecule has 0 saturated carbocycles. The Kier molecular flexibility index (Phi) is 3.29. The largest absolute Gasteiger partial charge is 0.297 e. The Morgan fingerprint density at radius 2 is 1.85 bits per heavy atom. The van der Waals surface area contributed by atoms with Crippen LogP contribution < -0.4 is 0 Å². The Morgan fingerprint density at radius 3 is 2.65 bits per heavy atom. The summed E-state index contributed by atoms with van der Waals surface area (Å²) < 4.78 is 14.5. The molecule has 1 aromatic heterocycles. The quantitative estimate of drug-likeness (QED) is 0.729. The fourth-order valence-electron chi connectivity index (χ4n) is 2.20. The minimum Gasteiger partial charge on any atom is -0.297 e. The van der Waals surface area contributed by atoms with Gasteiger partial charge >= 0.3 is 0 Å². The Balaban J connectivity index is 1.74. The number of para-hydroxylation sites is 1. The van der Waals surface area contributed by atoms with Crippen molar-refractivity contribution in [2.45, 2.75) is 13.0 Å². The van der Waals surface area contributed by atoms with Gasteiger partial charge in [-0.3, -0.25) is 9.48 Å². The molecule has 4 heteroatoms. The third kappa shape index (κ3) is 2.59. The number of ketones is 1. The molecule has 0 aliphatic heterocycles. The molecule has 0 amide bonds. The predicted molar refractivity (Wildman–Crippen MR) is 74.8 cm³/mol. The summed E-state index contributed by atoms with van der Waals surface area (Å²) in [6, 6.07) is 13.8. The van der Waals surface area contributed by atoms with E-state index in [-0.39, 0.29) is 24.6 Å². The Morgan fingerprint density at radius 1 is 1.10 bits per heavy atom. The zero-order valence-electron chi connectivity index (χ0n) is 10.8. The summed E-state index contributed by atoms with van der Waals surface area (Å²) in [5.41, 5.74) is 1.76. The smallest absolute Gasteiger partial charge is 0.158 e. The third-order valence-electron chi connectivity index (χ3n) is 3.19. The van der Waals surface area contributed by atoms with Crippen molar-refractivity contribution in [3.63, 3.8) is 0 Å². The van der Waals surface area contributed by atoms with E-state index >= 15 is 0 Å². The molecule has 0 fully saturated rings.